The molecule has 1 saturated heterocycles. The van der Waals surface area contributed by atoms with Crippen molar-refractivity contribution in [3.63, 3.8) is 0 Å². The Morgan fingerprint density at radius 3 is 2.93 bits per heavy atom. The van der Waals surface area contributed by atoms with Crippen LogP contribution >= 0.6 is 0 Å². The lowest BCUT2D eigenvalue weighted by Gasteiger charge is -2.45. The Morgan fingerprint density at radius 1 is 1.33 bits per heavy atom. The average molecular weight is 403 g/mol. The van der Waals surface area contributed by atoms with Gasteiger partial charge < -0.3 is 4.90 Å². The molecule has 154 valence electrons. The maximum absolute atomic E-state index is 13.3. The summed E-state index contributed by atoms with van der Waals surface area (Å²) < 4.78 is 0. The molecule has 0 saturated carbocycles. The van der Waals surface area contributed by atoms with Crippen LogP contribution in [0.15, 0.2) is 53.6 Å². The number of carbonyl (C=O) groups is 1. The summed E-state index contributed by atoms with van der Waals surface area (Å²) in [7, 11) is 0. The third-order valence-corrected chi connectivity index (χ3v) is 5.19. The third-order valence-electron chi connectivity index (χ3n) is 5.19. The summed E-state index contributed by atoms with van der Waals surface area (Å²) in [6.45, 7) is 9.39. The molecule has 0 spiro atoms. The predicted octanol–water partition coefficient (Wildman–Crippen LogP) is 3.90. The van der Waals surface area contributed by atoms with Crippen molar-refractivity contribution in [3.05, 3.63) is 54.3 Å². The van der Waals surface area contributed by atoms with E-state index in [0.29, 0.717) is 11.6 Å². The molecule has 0 unspecified atom stereocenters. The fourth-order valence-electron chi connectivity index (χ4n) is 3.97. The molecular formula is C22H25N7O. The van der Waals surface area contributed by atoms with Gasteiger partial charge in [0.15, 0.2) is 5.82 Å². The average Bonchev–Trinajstić information content (AvgIpc) is 2.74. The van der Waals surface area contributed by atoms with Gasteiger partial charge in [0, 0.05) is 31.1 Å². The van der Waals surface area contributed by atoms with E-state index in [9.17, 15) is 4.79 Å². The van der Waals surface area contributed by atoms with Gasteiger partial charge >= 0.3 is 6.03 Å². The van der Waals surface area contributed by atoms with Crippen molar-refractivity contribution in [2.75, 3.05) is 28.2 Å². The number of rotatable bonds is 4. The number of nitrogens with zero attached hydrogens (tertiary/aromatic N) is 6. The molecule has 2 aliphatic rings. The molecule has 30 heavy (non-hydrogen) atoms. The number of nitrogens with one attached hydrogen (secondary N) is 1. The van der Waals surface area contributed by atoms with Gasteiger partial charge in [-0.05, 0) is 51.6 Å². The van der Waals surface area contributed by atoms with E-state index in [0.717, 1.165) is 48.5 Å². The highest BCUT2D eigenvalue weighted by molar-refractivity contribution is 6.04. The number of hydrogen-bond donors (Lipinski definition) is 1. The second-order valence-electron chi connectivity index (χ2n) is 7.66. The van der Waals surface area contributed by atoms with Crippen LogP contribution in [-0.4, -0.2) is 46.8 Å². The van der Waals surface area contributed by atoms with Crippen LogP contribution in [0.4, 0.5) is 22.1 Å². The van der Waals surface area contributed by atoms with Gasteiger partial charge in [0.25, 0.3) is 0 Å². The summed E-state index contributed by atoms with van der Waals surface area (Å²) in [6.07, 6.45) is 8.69. The fourth-order valence-corrected chi connectivity index (χ4v) is 3.97. The zero-order valence-corrected chi connectivity index (χ0v) is 17.2. The zero-order chi connectivity index (χ0) is 21.1. The number of allylic oxidation sites excluding steroid dienone is 3. The minimum absolute atomic E-state index is 0.0595. The lowest BCUT2D eigenvalue weighted by Crippen LogP contribution is -2.56. The van der Waals surface area contributed by atoms with Gasteiger partial charge in [-0.25, -0.2) is 19.7 Å². The second-order valence-corrected chi connectivity index (χ2v) is 7.66. The first-order valence-corrected chi connectivity index (χ1v) is 10.0. The van der Waals surface area contributed by atoms with Crippen molar-refractivity contribution in [3.8, 4) is 0 Å². The monoisotopic (exact) mass is 403 g/mol. The van der Waals surface area contributed by atoms with Gasteiger partial charge in [0.2, 0.25) is 0 Å². The van der Waals surface area contributed by atoms with E-state index in [4.69, 9.17) is 4.98 Å². The van der Waals surface area contributed by atoms with Crippen LogP contribution in [0.5, 0.6) is 0 Å². The van der Waals surface area contributed by atoms with Crippen LogP contribution < -0.4 is 15.1 Å². The molecule has 4 rings (SSSR count). The first kappa shape index (κ1) is 19.8. The van der Waals surface area contributed by atoms with E-state index in [1.54, 1.807) is 23.4 Å². The lowest BCUT2D eigenvalue weighted by atomic mass is 9.99. The van der Waals surface area contributed by atoms with Crippen LogP contribution in [0.1, 0.15) is 32.4 Å². The van der Waals surface area contributed by atoms with Gasteiger partial charge in [-0.15, -0.1) is 0 Å². The molecule has 2 aliphatic heterocycles. The molecule has 8 nitrogen and oxygen atoms in total. The molecule has 1 atom stereocenters. The zero-order valence-electron chi connectivity index (χ0n) is 17.2. The lowest BCUT2D eigenvalue weighted by molar-refractivity contribution is 0.252. The van der Waals surface area contributed by atoms with Crippen molar-refractivity contribution in [2.24, 2.45) is 4.99 Å². The quantitative estimate of drug-likeness (QED) is 0.618. The third kappa shape index (κ3) is 3.94. The van der Waals surface area contributed by atoms with Crippen molar-refractivity contribution < 1.29 is 4.79 Å². The predicted molar refractivity (Wildman–Crippen MR) is 120 cm³/mol. The fraction of sp³-hybridized carbons (Fsp3) is 0.318. The Balaban J connectivity index is 1.76. The van der Waals surface area contributed by atoms with Crippen LogP contribution in [0.3, 0.4) is 0 Å². The largest absolute Gasteiger partial charge is 0.366 e. The smallest absolute Gasteiger partial charge is 0.329 e. The molecule has 2 bridgehead atoms. The minimum Gasteiger partial charge on any atom is -0.366 e. The highest BCUT2D eigenvalue weighted by atomic mass is 16.2. The molecule has 0 radical (unpaired) electrons. The van der Waals surface area contributed by atoms with Crippen molar-refractivity contribution >= 4 is 35.6 Å². The summed E-state index contributed by atoms with van der Waals surface area (Å²) in [5, 5.41) is 2.88. The molecule has 8 heteroatoms. The van der Waals surface area contributed by atoms with E-state index in [2.05, 4.69) is 31.9 Å². The van der Waals surface area contributed by atoms with Crippen molar-refractivity contribution in [1.82, 2.24) is 15.0 Å². The number of fused-ring (bicyclic) bond motifs is 4. The topological polar surface area (TPSA) is 86.6 Å². The highest BCUT2D eigenvalue weighted by Gasteiger charge is 2.38. The van der Waals surface area contributed by atoms with E-state index >= 15 is 0 Å². The van der Waals surface area contributed by atoms with E-state index in [1.165, 1.54) is 6.33 Å². The normalized spacial score (nSPS) is 17.8. The first-order chi connectivity index (χ1) is 14.6. The number of pyridine rings is 1. The molecule has 1 N–H and O–H groups in total. The number of carbonyl (C=O) groups excluding carboxylic acids is 1. The van der Waals surface area contributed by atoms with Gasteiger partial charge in [-0.1, -0.05) is 11.6 Å². The molecule has 2 aromatic rings. The Bertz CT molecular complexity index is 1010. The Labute approximate surface area is 176 Å². The summed E-state index contributed by atoms with van der Waals surface area (Å²) in [5.41, 5.74) is 3.71. The second kappa shape index (κ2) is 8.44. The first-order valence-electron chi connectivity index (χ1n) is 10.0. The molecule has 0 aromatic carbocycles. The summed E-state index contributed by atoms with van der Waals surface area (Å²) in [6, 6.07) is 5.51. The number of urea groups is 1. The summed E-state index contributed by atoms with van der Waals surface area (Å²) in [4.78, 5) is 34.2. The Hall–Kier alpha value is -3.55. The van der Waals surface area contributed by atoms with E-state index in [1.807, 2.05) is 32.1 Å². The van der Waals surface area contributed by atoms with E-state index < -0.39 is 0 Å². The van der Waals surface area contributed by atoms with Crippen molar-refractivity contribution in [1.29, 1.82) is 0 Å². The van der Waals surface area contributed by atoms with Gasteiger partial charge in [0.1, 0.15) is 12.1 Å². The summed E-state index contributed by atoms with van der Waals surface area (Å²) >= 11 is 0. The SMILES string of the molecule is C=N/C=C(\C=C(C)C)c1ccc2c(n1)N(C(=O)Nc1ccncn1)[C@H]1CCCN2C1. The molecule has 1 fully saturated rings. The number of hydrogen-bond acceptors (Lipinski definition) is 6. The molecule has 2 aromatic heterocycles. The van der Waals surface area contributed by atoms with Gasteiger partial charge in [0.05, 0.1) is 17.4 Å². The van der Waals surface area contributed by atoms with Crippen molar-refractivity contribution in [2.45, 2.75) is 32.7 Å². The maximum atomic E-state index is 13.3. The molecular weight excluding hydrogens is 378 g/mol. The highest BCUT2D eigenvalue weighted by Crippen LogP contribution is 2.39. The summed E-state index contributed by atoms with van der Waals surface area (Å²) in [5.74, 6) is 1.12. The Kier molecular flexibility index (Phi) is 5.56. The number of anilines is 3. The van der Waals surface area contributed by atoms with Crippen LogP contribution in [-0.2, 0) is 0 Å². The number of piperidine rings is 1. The maximum Gasteiger partial charge on any atom is 0.329 e. The van der Waals surface area contributed by atoms with Crippen LogP contribution in [0, 0.1) is 0 Å². The molecule has 2 amide bonds. The minimum atomic E-state index is -0.235. The standard InChI is InChI=1S/C22H25N7O/c1-15(2)11-16(12-23-3)18-6-7-19-21(26-18)29(17-5-4-10-28(19)13-17)22(30)27-20-8-9-24-14-25-20/h6-9,11-12,14,17H,3-5,10,13H2,1-2H3,(H,24,25,27,30)/b16-12+/t17-/m0/s1. The number of aliphatic imine (C=N–C) groups is 1. The van der Waals surface area contributed by atoms with E-state index in [-0.39, 0.29) is 12.1 Å². The number of amides is 2. The molecule has 0 aliphatic carbocycles. The Morgan fingerprint density at radius 2 is 2.20 bits per heavy atom. The van der Waals surface area contributed by atoms with Gasteiger partial charge in [-0.2, -0.15) is 0 Å². The van der Waals surface area contributed by atoms with Crippen LogP contribution in [0.2, 0.25) is 0 Å². The molecule has 4 heterocycles. The number of aromatic nitrogens is 3. The van der Waals surface area contributed by atoms with Gasteiger partial charge in [-0.3, -0.25) is 15.2 Å². The van der Waals surface area contributed by atoms with Crippen LogP contribution in [0.25, 0.3) is 5.57 Å².